The Labute approximate surface area is 138 Å². The van der Waals surface area contributed by atoms with E-state index in [4.69, 9.17) is 9.47 Å². The summed E-state index contributed by atoms with van der Waals surface area (Å²) in [6.45, 7) is 5.21. The summed E-state index contributed by atoms with van der Waals surface area (Å²) in [5, 5.41) is 0. The van der Waals surface area contributed by atoms with E-state index in [1.807, 2.05) is 6.92 Å². The molecular formula is C16H20BrFO4. The molecule has 0 saturated heterocycles. The van der Waals surface area contributed by atoms with E-state index in [0.29, 0.717) is 4.47 Å². The van der Waals surface area contributed by atoms with Gasteiger partial charge in [-0.3, -0.25) is 9.59 Å². The van der Waals surface area contributed by atoms with Crippen molar-refractivity contribution in [2.24, 2.45) is 5.41 Å². The fourth-order valence-electron chi connectivity index (χ4n) is 1.57. The van der Waals surface area contributed by atoms with Crippen molar-refractivity contribution in [3.05, 3.63) is 28.5 Å². The first-order chi connectivity index (χ1) is 10.3. The van der Waals surface area contributed by atoms with Gasteiger partial charge < -0.3 is 9.47 Å². The lowest BCUT2D eigenvalue weighted by Crippen LogP contribution is -2.38. The minimum absolute atomic E-state index is 0.151. The molecule has 0 saturated carbocycles. The Morgan fingerprint density at radius 3 is 2.50 bits per heavy atom. The van der Waals surface area contributed by atoms with Crippen molar-refractivity contribution >= 4 is 27.9 Å². The van der Waals surface area contributed by atoms with Crippen LogP contribution in [0.3, 0.4) is 0 Å². The van der Waals surface area contributed by atoms with Gasteiger partial charge in [-0.1, -0.05) is 19.8 Å². The Morgan fingerprint density at radius 1 is 1.23 bits per heavy atom. The molecule has 22 heavy (non-hydrogen) atoms. The Bertz CT molecular complexity index is 543. The molecule has 0 fully saturated rings. The number of carbonyl (C=O) groups is 2. The number of esters is 2. The van der Waals surface area contributed by atoms with Gasteiger partial charge in [0, 0.05) is 0 Å². The second-order valence-corrected chi connectivity index (χ2v) is 6.29. The highest BCUT2D eigenvalue weighted by Crippen LogP contribution is 2.28. The van der Waals surface area contributed by atoms with Gasteiger partial charge in [-0.2, -0.15) is 0 Å². The number of ether oxygens (including phenoxy) is 2. The van der Waals surface area contributed by atoms with E-state index in [0.717, 1.165) is 19.3 Å². The number of benzene rings is 1. The molecule has 0 N–H and O–H groups in total. The fraction of sp³-hybridized carbons (Fsp3) is 0.500. The third-order valence-corrected chi connectivity index (χ3v) is 3.72. The van der Waals surface area contributed by atoms with Crippen molar-refractivity contribution < 1.29 is 23.5 Å². The van der Waals surface area contributed by atoms with Gasteiger partial charge in [0.05, 0.1) is 11.1 Å². The molecule has 6 heteroatoms. The summed E-state index contributed by atoms with van der Waals surface area (Å²) in [6.07, 6.45) is 2.74. The van der Waals surface area contributed by atoms with E-state index in [9.17, 15) is 14.0 Å². The van der Waals surface area contributed by atoms with Crippen LogP contribution in [0.2, 0.25) is 0 Å². The Balaban J connectivity index is 2.67. The van der Waals surface area contributed by atoms with Gasteiger partial charge in [0.25, 0.3) is 0 Å². The lowest BCUT2D eigenvalue weighted by Gasteiger charge is -2.21. The first-order valence-electron chi connectivity index (χ1n) is 7.13. The second kappa shape index (κ2) is 8.27. The molecule has 0 radical (unpaired) electrons. The molecule has 0 bridgehead atoms. The summed E-state index contributed by atoms with van der Waals surface area (Å²) in [5.41, 5.74) is -1.43. The van der Waals surface area contributed by atoms with Crippen LogP contribution in [0.1, 0.15) is 40.0 Å². The van der Waals surface area contributed by atoms with Gasteiger partial charge in [0.15, 0.2) is 5.41 Å². The molecule has 0 spiro atoms. The maximum Gasteiger partial charge on any atom is 0.328 e. The van der Waals surface area contributed by atoms with Gasteiger partial charge in [0.2, 0.25) is 0 Å². The van der Waals surface area contributed by atoms with Crippen molar-refractivity contribution in [1.29, 1.82) is 0 Å². The number of hydrogen-bond donors (Lipinski definition) is 0. The van der Waals surface area contributed by atoms with Crippen molar-refractivity contribution in [1.82, 2.24) is 0 Å². The molecule has 122 valence electrons. The van der Waals surface area contributed by atoms with Crippen molar-refractivity contribution in [3.63, 3.8) is 0 Å². The monoisotopic (exact) mass is 374 g/mol. The second-order valence-electron chi connectivity index (χ2n) is 5.43. The van der Waals surface area contributed by atoms with Gasteiger partial charge in [-0.25, -0.2) is 4.39 Å². The number of carbonyl (C=O) groups excluding carboxylic acids is 2. The minimum Gasteiger partial charge on any atom is -0.465 e. The molecule has 0 aliphatic rings. The molecule has 0 aromatic heterocycles. The standard InChI is InChI=1S/C16H20BrFO4/c1-4-5-6-9-21-14(19)16(2,3)15(20)22-13-8-7-11(18)10-12(13)17/h7-8,10H,4-6,9H2,1-3H3. The lowest BCUT2D eigenvalue weighted by atomic mass is 9.94. The predicted octanol–water partition coefficient (Wildman–Crippen LogP) is 4.25. The molecule has 1 rings (SSSR count). The van der Waals surface area contributed by atoms with Gasteiger partial charge in [0.1, 0.15) is 11.6 Å². The molecular weight excluding hydrogens is 355 g/mol. The SMILES string of the molecule is CCCCCOC(=O)C(C)(C)C(=O)Oc1ccc(F)cc1Br. The zero-order valence-electron chi connectivity index (χ0n) is 12.9. The normalized spacial score (nSPS) is 11.1. The van der Waals surface area contributed by atoms with Crippen LogP contribution in [0.4, 0.5) is 4.39 Å². The highest BCUT2D eigenvalue weighted by atomic mass is 79.9. The molecule has 1 aromatic carbocycles. The molecule has 4 nitrogen and oxygen atoms in total. The van der Waals surface area contributed by atoms with E-state index in [2.05, 4.69) is 15.9 Å². The Morgan fingerprint density at radius 2 is 1.91 bits per heavy atom. The largest absolute Gasteiger partial charge is 0.465 e. The first-order valence-corrected chi connectivity index (χ1v) is 7.93. The van der Waals surface area contributed by atoms with Gasteiger partial charge >= 0.3 is 11.9 Å². The molecule has 0 unspecified atom stereocenters. The van der Waals surface area contributed by atoms with Crippen LogP contribution < -0.4 is 4.74 Å². The Hall–Kier alpha value is -1.43. The molecule has 0 amide bonds. The number of rotatable bonds is 7. The topological polar surface area (TPSA) is 52.6 Å². The highest BCUT2D eigenvalue weighted by Gasteiger charge is 2.40. The van der Waals surface area contributed by atoms with Crippen molar-refractivity contribution in [2.45, 2.75) is 40.0 Å². The minimum atomic E-state index is -1.43. The summed E-state index contributed by atoms with van der Waals surface area (Å²) < 4.78 is 23.6. The number of hydrogen-bond acceptors (Lipinski definition) is 4. The smallest absolute Gasteiger partial charge is 0.328 e. The quantitative estimate of drug-likeness (QED) is 0.309. The fourth-order valence-corrected chi connectivity index (χ4v) is 2.00. The van der Waals surface area contributed by atoms with Crippen LogP contribution >= 0.6 is 15.9 Å². The van der Waals surface area contributed by atoms with E-state index >= 15 is 0 Å². The number of halogens is 2. The highest BCUT2D eigenvalue weighted by molar-refractivity contribution is 9.10. The van der Waals surface area contributed by atoms with Gasteiger partial charge in [-0.05, 0) is 54.4 Å². The first kappa shape index (κ1) is 18.6. The maximum atomic E-state index is 13.0. The average molecular weight is 375 g/mol. The van der Waals surface area contributed by atoms with Crippen LogP contribution in [-0.2, 0) is 14.3 Å². The molecule has 0 aliphatic heterocycles. The van der Waals surface area contributed by atoms with E-state index in [-0.39, 0.29) is 12.4 Å². The van der Waals surface area contributed by atoms with Crippen molar-refractivity contribution in [3.8, 4) is 5.75 Å². The van der Waals surface area contributed by atoms with Crippen LogP contribution in [0, 0.1) is 11.2 Å². The number of unbranched alkanes of at least 4 members (excludes halogenated alkanes) is 2. The maximum absolute atomic E-state index is 13.0. The zero-order chi connectivity index (χ0) is 16.8. The summed E-state index contributed by atoms with van der Waals surface area (Å²) in [6, 6.07) is 3.67. The van der Waals surface area contributed by atoms with Crippen LogP contribution in [0.25, 0.3) is 0 Å². The molecule has 0 aliphatic carbocycles. The van der Waals surface area contributed by atoms with Crippen LogP contribution in [-0.4, -0.2) is 18.5 Å². The van der Waals surface area contributed by atoms with E-state index in [1.54, 1.807) is 0 Å². The van der Waals surface area contributed by atoms with Gasteiger partial charge in [-0.15, -0.1) is 0 Å². The molecule has 1 aromatic rings. The van der Waals surface area contributed by atoms with E-state index < -0.39 is 23.2 Å². The van der Waals surface area contributed by atoms with Crippen molar-refractivity contribution in [2.75, 3.05) is 6.61 Å². The Kier molecular flexibility index (Phi) is 7.00. The lowest BCUT2D eigenvalue weighted by molar-refractivity contribution is -0.164. The molecule has 0 atom stereocenters. The zero-order valence-corrected chi connectivity index (χ0v) is 14.5. The third-order valence-electron chi connectivity index (χ3n) is 3.10. The third kappa shape index (κ3) is 5.09. The predicted molar refractivity (Wildman–Crippen MR) is 84.0 cm³/mol. The average Bonchev–Trinajstić information content (AvgIpc) is 2.46. The van der Waals surface area contributed by atoms with Crippen LogP contribution in [0.5, 0.6) is 5.75 Å². The summed E-state index contributed by atoms with van der Waals surface area (Å²) in [7, 11) is 0. The summed E-state index contributed by atoms with van der Waals surface area (Å²) in [5.74, 6) is -1.69. The molecule has 0 heterocycles. The van der Waals surface area contributed by atoms with Crippen LogP contribution in [0.15, 0.2) is 22.7 Å². The van der Waals surface area contributed by atoms with E-state index in [1.165, 1.54) is 32.0 Å². The summed E-state index contributed by atoms with van der Waals surface area (Å²) >= 11 is 3.11. The summed E-state index contributed by atoms with van der Waals surface area (Å²) in [4.78, 5) is 24.2.